The lowest BCUT2D eigenvalue weighted by molar-refractivity contribution is 0.0591. The van der Waals surface area contributed by atoms with Crippen LogP contribution in [0.4, 0.5) is 0 Å². The fraction of sp³-hybridized carbons (Fsp3) is 0.158. The van der Waals surface area contributed by atoms with E-state index in [0.29, 0.717) is 37.3 Å². The van der Waals surface area contributed by atoms with E-state index in [4.69, 9.17) is 14.2 Å². The molecule has 0 aliphatic heterocycles. The molecule has 0 spiro atoms. The predicted octanol–water partition coefficient (Wildman–Crippen LogP) is 5.79. The number of phenols is 1. The van der Waals surface area contributed by atoms with Crippen LogP contribution in [0, 0.1) is 0 Å². The monoisotopic (exact) mass is 658 g/mol. The topological polar surface area (TPSA) is 152 Å². The van der Waals surface area contributed by atoms with Gasteiger partial charge < -0.3 is 35.1 Å². The van der Waals surface area contributed by atoms with Crippen LogP contribution in [0.25, 0.3) is 21.8 Å². The maximum Gasteiger partial charge on any atom is 0.362 e. The van der Waals surface area contributed by atoms with Gasteiger partial charge in [0, 0.05) is 49.1 Å². The molecule has 6 rings (SSSR count). The van der Waals surface area contributed by atoms with Crippen molar-refractivity contribution in [2.24, 2.45) is 0 Å². The van der Waals surface area contributed by atoms with Gasteiger partial charge in [0.2, 0.25) is 0 Å². The van der Waals surface area contributed by atoms with Crippen molar-refractivity contribution < 1.29 is 34.0 Å². The highest BCUT2D eigenvalue weighted by Crippen LogP contribution is 2.35. The molecule has 0 amide bonds. The van der Waals surface area contributed by atoms with E-state index in [2.05, 4.69) is 20.6 Å². The van der Waals surface area contributed by atoms with Gasteiger partial charge in [0.25, 0.3) is 0 Å². The zero-order chi connectivity index (χ0) is 34.3. The minimum atomic E-state index is -0.930. The number of methoxy groups -OCH3 is 2. The van der Waals surface area contributed by atoms with Crippen LogP contribution in [-0.4, -0.2) is 46.3 Å². The molecule has 11 nitrogen and oxygen atoms in total. The first-order valence-electron chi connectivity index (χ1n) is 15.5. The third-order valence-electron chi connectivity index (χ3n) is 7.86. The van der Waals surface area contributed by atoms with E-state index < -0.39 is 11.9 Å². The largest absolute Gasteiger partial charge is 0.507 e. The van der Waals surface area contributed by atoms with Crippen molar-refractivity contribution in [1.82, 2.24) is 20.6 Å². The van der Waals surface area contributed by atoms with Gasteiger partial charge in [-0.3, -0.25) is 0 Å². The highest BCUT2D eigenvalue weighted by atomic mass is 16.5. The molecule has 4 N–H and O–H groups in total. The summed E-state index contributed by atoms with van der Waals surface area (Å²) in [5, 5.41) is 29.2. The second kappa shape index (κ2) is 14.8. The van der Waals surface area contributed by atoms with Crippen LogP contribution < -0.4 is 20.1 Å². The molecule has 2 aromatic heterocycles. The van der Waals surface area contributed by atoms with Crippen molar-refractivity contribution in [2.75, 3.05) is 14.2 Å². The number of esters is 2. The SMILES string of the molecule is COC(=O)c1cc(OC(=O)c2cc(O)c3cc(CNCc4ccccc4)cc(O)c3n2)c2cc(CNCc3ccccc3)cc(OC)c2n1. The van der Waals surface area contributed by atoms with Crippen molar-refractivity contribution >= 4 is 33.7 Å². The smallest absolute Gasteiger partial charge is 0.362 e. The average molecular weight is 659 g/mol. The zero-order valence-corrected chi connectivity index (χ0v) is 26.9. The number of hydrogen-bond donors (Lipinski definition) is 4. The van der Waals surface area contributed by atoms with E-state index in [1.807, 2.05) is 60.7 Å². The molecule has 0 bridgehead atoms. The van der Waals surface area contributed by atoms with Gasteiger partial charge in [0.15, 0.2) is 11.4 Å². The molecule has 0 unspecified atom stereocenters. The molecule has 248 valence electrons. The van der Waals surface area contributed by atoms with E-state index in [1.165, 1.54) is 32.4 Å². The van der Waals surface area contributed by atoms with Gasteiger partial charge in [-0.2, -0.15) is 0 Å². The molecule has 0 saturated carbocycles. The number of fused-ring (bicyclic) bond motifs is 2. The van der Waals surface area contributed by atoms with Gasteiger partial charge in [-0.1, -0.05) is 60.7 Å². The normalized spacial score (nSPS) is 11.1. The van der Waals surface area contributed by atoms with Crippen LogP contribution in [0.1, 0.15) is 43.2 Å². The van der Waals surface area contributed by atoms with E-state index in [9.17, 15) is 19.8 Å². The molecular weight excluding hydrogens is 624 g/mol. The Balaban J connectivity index is 1.29. The average Bonchev–Trinajstić information content (AvgIpc) is 3.12. The predicted molar refractivity (Wildman–Crippen MR) is 184 cm³/mol. The van der Waals surface area contributed by atoms with E-state index >= 15 is 0 Å². The summed E-state index contributed by atoms with van der Waals surface area (Å²) in [5.41, 5.74) is 3.69. The summed E-state index contributed by atoms with van der Waals surface area (Å²) >= 11 is 0. The number of pyridine rings is 2. The molecule has 0 saturated heterocycles. The van der Waals surface area contributed by atoms with E-state index in [-0.39, 0.29) is 45.1 Å². The van der Waals surface area contributed by atoms with Crippen molar-refractivity contribution in [3.05, 3.63) is 131 Å². The number of carbonyl (C=O) groups excluding carboxylic acids is 2. The fourth-order valence-electron chi connectivity index (χ4n) is 5.48. The van der Waals surface area contributed by atoms with Gasteiger partial charge in [-0.05, 0) is 46.5 Å². The summed E-state index contributed by atoms with van der Waals surface area (Å²) in [5.74, 6) is -1.78. The minimum Gasteiger partial charge on any atom is -0.507 e. The van der Waals surface area contributed by atoms with Crippen LogP contribution in [0.2, 0.25) is 0 Å². The summed E-state index contributed by atoms with van der Waals surface area (Å²) < 4.78 is 16.3. The Labute approximate surface area is 282 Å². The number of ether oxygens (including phenoxy) is 3. The standard InChI is InChI=1S/C38H34N4O7/c1-47-34-16-26(22-40-20-24-11-7-4-8-12-24)14-28-33(18-30(37(45)48-2)42-36(28)34)49-38(46)29-17-31(43)27-13-25(15-32(44)35(27)41-29)21-39-19-23-9-5-3-6-10-23/h3-18,39-40,44H,19-22H2,1-2H3,(H,41,43). The van der Waals surface area contributed by atoms with Gasteiger partial charge in [-0.25, -0.2) is 19.6 Å². The third-order valence-corrected chi connectivity index (χ3v) is 7.86. The molecule has 0 atom stereocenters. The lowest BCUT2D eigenvalue weighted by Gasteiger charge is -2.14. The Morgan fingerprint density at radius 1 is 0.592 bits per heavy atom. The van der Waals surface area contributed by atoms with E-state index in [1.54, 1.807) is 18.2 Å². The maximum absolute atomic E-state index is 13.6. The second-order valence-electron chi connectivity index (χ2n) is 11.3. The molecule has 0 aliphatic carbocycles. The third kappa shape index (κ3) is 7.59. The lowest BCUT2D eigenvalue weighted by atomic mass is 10.1. The minimum absolute atomic E-state index is 0.00376. The number of aromatic hydroxyl groups is 2. The molecule has 4 aromatic carbocycles. The Bertz CT molecular complexity index is 2140. The first-order valence-corrected chi connectivity index (χ1v) is 15.5. The van der Waals surface area contributed by atoms with Crippen molar-refractivity contribution in [3.63, 3.8) is 0 Å². The molecule has 2 heterocycles. The van der Waals surface area contributed by atoms with Crippen LogP contribution in [0.15, 0.2) is 97.1 Å². The number of nitrogens with one attached hydrogen (secondary N) is 2. The summed E-state index contributed by atoms with van der Waals surface area (Å²) in [6.07, 6.45) is 0. The van der Waals surface area contributed by atoms with Crippen molar-refractivity contribution in [3.8, 4) is 23.0 Å². The fourth-order valence-corrected chi connectivity index (χ4v) is 5.48. The van der Waals surface area contributed by atoms with Crippen LogP contribution >= 0.6 is 0 Å². The summed E-state index contributed by atoms with van der Waals surface area (Å²) in [6, 6.07) is 29.1. The maximum atomic E-state index is 13.6. The first-order chi connectivity index (χ1) is 23.8. The number of rotatable bonds is 12. The van der Waals surface area contributed by atoms with Crippen molar-refractivity contribution in [1.29, 1.82) is 0 Å². The van der Waals surface area contributed by atoms with Gasteiger partial charge in [0.1, 0.15) is 34.0 Å². The lowest BCUT2D eigenvalue weighted by Crippen LogP contribution is -2.14. The molecule has 49 heavy (non-hydrogen) atoms. The number of nitrogens with zero attached hydrogens (tertiary/aromatic N) is 2. The number of aromatic nitrogens is 2. The number of phenolic OH excluding ortho intramolecular Hbond substituents is 1. The molecule has 0 fully saturated rings. The van der Waals surface area contributed by atoms with Crippen LogP contribution in [0.3, 0.4) is 0 Å². The Kier molecular flexibility index (Phi) is 9.93. The summed E-state index contributed by atoms with van der Waals surface area (Å²) in [4.78, 5) is 34.9. The Morgan fingerprint density at radius 3 is 1.76 bits per heavy atom. The number of hydrogen-bond acceptors (Lipinski definition) is 11. The summed E-state index contributed by atoms with van der Waals surface area (Å²) in [6.45, 7) is 2.12. The second-order valence-corrected chi connectivity index (χ2v) is 11.3. The molecule has 0 aliphatic rings. The van der Waals surface area contributed by atoms with Gasteiger partial charge in [-0.15, -0.1) is 0 Å². The number of carbonyl (C=O) groups is 2. The zero-order valence-electron chi connectivity index (χ0n) is 26.9. The van der Waals surface area contributed by atoms with Crippen LogP contribution in [-0.2, 0) is 30.9 Å². The molecular formula is C38H34N4O7. The molecule has 6 aromatic rings. The Hall–Kier alpha value is -6.04. The van der Waals surface area contributed by atoms with Crippen LogP contribution in [0.5, 0.6) is 23.0 Å². The Morgan fingerprint density at radius 2 is 1.14 bits per heavy atom. The van der Waals surface area contributed by atoms with Crippen molar-refractivity contribution in [2.45, 2.75) is 26.2 Å². The first kappa shape index (κ1) is 32.9. The number of benzene rings is 4. The quantitative estimate of drug-likeness (QED) is 0.118. The molecule has 11 heteroatoms. The highest BCUT2D eigenvalue weighted by molar-refractivity contribution is 6.01. The van der Waals surface area contributed by atoms with E-state index in [0.717, 1.165) is 22.3 Å². The summed E-state index contributed by atoms with van der Waals surface area (Å²) in [7, 11) is 2.70. The van der Waals surface area contributed by atoms with Gasteiger partial charge >= 0.3 is 11.9 Å². The molecule has 0 radical (unpaired) electrons. The highest BCUT2D eigenvalue weighted by Gasteiger charge is 2.22. The van der Waals surface area contributed by atoms with Gasteiger partial charge in [0.05, 0.1) is 14.2 Å².